The maximum Gasteiger partial charge on any atom is 0.275 e. The summed E-state index contributed by atoms with van der Waals surface area (Å²) >= 11 is 12.9. The third-order valence-corrected chi connectivity index (χ3v) is 9.04. The van der Waals surface area contributed by atoms with Gasteiger partial charge in [0.25, 0.3) is 11.8 Å². The second-order valence-electron chi connectivity index (χ2n) is 12.5. The smallest absolute Gasteiger partial charge is 0.275 e. The molecule has 0 saturated carbocycles. The summed E-state index contributed by atoms with van der Waals surface area (Å²) < 4.78 is 19.5. The first-order chi connectivity index (χ1) is 23.6. The number of halogens is 2. The molecule has 1 aromatic heterocycles. The molecule has 3 aliphatic rings. The number of nitrogens with one attached hydrogen (secondary N) is 2. The number of carbonyl (C=O) groups excluding carboxylic acids is 2. The van der Waals surface area contributed by atoms with Gasteiger partial charge in [-0.3, -0.25) is 9.59 Å². The normalized spacial score (nSPS) is 16.1. The van der Waals surface area contributed by atoms with Gasteiger partial charge in [-0.25, -0.2) is 4.68 Å². The van der Waals surface area contributed by atoms with Gasteiger partial charge in [0.2, 0.25) is 0 Å². The highest BCUT2D eigenvalue weighted by Gasteiger charge is 2.39. The lowest BCUT2D eigenvalue weighted by Gasteiger charge is -2.41. The summed E-state index contributed by atoms with van der Waals surface area (Å²) in [6.45, 7) is 6.44. The van der Waals surface area contributed by atoms with Gasteiger partial charge in [0, 0.05) is 58.1 Å². The lowest BCUT2D eigenvalue weighted by Crippen LogP contribution is -2.55. The minimum absolute atomic E-state index is 0.108. The number of hydrogen-bond donors (Lipinski definition) is 2. The summed E-state index contributed by atoms with van der Waals surface area (Å²) in [6, 6.07) is 16.3. The van der Waals surface area contributed by atoms with Gasteiger partial charge in [0.05, 0.1) is 43.0 Å². The van der Waals surface area contributed by atoms with Crippen LogP contribution in [0.5, 0.6) is 11.5 Å². The molecule has 0 atom stereocenters. The van der Waals surface area contributed by atoms with E-state index in [1.807, 2.05) is 44.2 Å². The van der Waals surface area contributed by atoms with Crippen molar-refractivity contribution in [3.63, 3.8) is 0 Å². The maximum atomic E-state index is 14.2. The second-order valence-corrected chi connectivity index (χ2v) is 13.4. The van der Waals surface area contributed by atoms with Gasteiger partial charge in [-0.15, -0.1) is 0 Å². The van der Waals surface area contributed by atoms with E-state index in [2.05, 4.69) is 15.8 Å². The molecule has 0 unspecified atom stereocenters. The van der Waals surface area contributed by atoms with Crippen molar-refractivity contribution in [2.75, 3.05) is 51.9 Å². The molecule has 2 fully saturated rings. The quantitative estimate of drug-likeness (QED) is 0.228. The van der Waals surface area contributed by atoms with E-state index >= 15 is 0 Å². The number of ether oxygens (including phenoxy) is 3. The largest absolute Gasteiger partial charge is 0.496 e. The van der Waals surface area contributed by atoms with Gasteiger partial charge < -0.3 is 34.6 Å². The standard InChI is InChI=1S/C35H34Cl2N6O6/c1-35(2)19-47-8-7-42(35)34(45)32-28-17-48-30-14-29(46-3)26(13-27(30)33(28)43(40-32)25-11-21(36)10-22(37)12-25)20-5-4-6-23(9-20)39-31(44)18-49-41-24-15-38-16-24/h4-6,9-14,38H,7-8,15-19H2,1-3H3,(H,39,44). The van der Waals surface area contributed by atoms with Gasteiger partial charge in [-0.2, -0.15) is 5.10 Å². The minimum Gasteiger partial charge on any atom is -0.496 e. The minimum atomic E-state index is -0.534. The number of hydrogen-bond acceptors (Lipinski definition) is 9. The van der Waals surface area contributed by atoms with Gasteiger partial charge in [-0.05, 0) is 55.8 Å². The van der Waals surface area contributed by atoms with Crippen LogP contribution < -0.4 is 20.1 Å². The zero-order valence-electron chi connectivity index (χ0n) is 27.1. The van der Waals surface area contributed by atoms with E-state index in [0.29, 0.717) is 82.6 Å². The monoisotopic (exact) mass is 704 g/mol. The molecule has 2 amide bonds. The van der Waals surface area contributed by atoms with E-state index in [-0.39, 0.29) is 30.7 Å². The number of oxime groups is 1. The average molecular weight is 706 g/mol. The Balaban J connectivity index is 1.30. The summed E-state index contributed by atoms with van der Waals surface area (Å²) in [7, 11) is 1.58. The zero-order valence-corrected chi connectivity index (χ0v) is 28.7. The molecule has 3 aliphatic heterocycles. The van der Waals surface area contributed by atoms with Gasteiger partial charge in [-0.1, -0.05) is 40.5 Å². The first kappa shape index (κ1) is 32.9. The number of methoxy groups -OCH3 is 1. The molecule has 0 aliphatic carbocycles. The molecule has 254 valence electrons. The van der Waals surface area contributed by atoms with E-state index in [1.165, 1.54) is 0 Å². The fourth-order valence-electron chi connectivity index (χ4n) is 6.10. The van der Waals surface area contributed by atoms with E-state index in [9.17, 15) is 9.59 Å². The number of carbonyl (C=O) groups is 2. The Hall–Kier alpha value is -4.62. The first-order valence-electron chi connectivity index (χ1n) is 15.7. The Morgan fingerprint density at radius 3 is 2.59 bits per heavy atom. The summed E-state index contributed by atoms with van der Waals surface area (Å²) in [5, 5.41) is 15.6. The molecule has 14 heteroatoms. The number of benzene rings is 3. The molecule has 2 saturated heterocycles. The molecule has 12 nitrogen and oxygen atoms in total. The van der Waals surface area contributed by atoms with Crippen LogP contribution in [0.15, 0.2) is 59.8 Å². The summed E-state index contributed by atoms with van der Waals surface area (Å²) in [5.74, 6) is 0.550. The Labute approximate surface area is 292 Å². The predicted octanol–water partition coefficient (Wildman–Crippen LogP) is 5.58. The molecule has 2 N–H and O–H groups in total. The van der Waals surface area contributed by atoms with Crippen LogP contribution in [-0.2, 0) is 21.0 Å². The first-order valence-corrected chi connectivity index (χ1v) is 16.5. The van der Waals surface area contributed by atoms with Crippen LogP contribution in [0.4, 0.5) is 5.69 Å². The van der Waals surface area contributed by atoms with E-state index in [0.717, 1.165) is 16.8 Å². The highest BCUT2D eigenvalue weighted by Crippen LogP contribution is 2.47. The molecule has 3 aromatic carbocycles. The number of aromatic nitrogens is 2. The van der Waals surface area contributed by atoms with Crippen molar-refractivity contribution in [1.29, 1.82) is 0 Å². The lowest BCUT2D eigenvalue weighted by atomic mass is 9.95. The van der Waals surface area contributed by atoms with Crippen LogP contribution in [-0.4, -0.2) is 84.3 Å². The molecular weight excluding hydrogens is 671 g/mol. The van der Waals surface area contributed by atoms with Crippen LogP contribution in [0, 0.1) is 0 Å². The van der Waals surface area contributed by atoms with E-state index in [1.54, 1.807) is 41.0 Å². The van der Waals surface area contributed by atoms with Crippen molar-refractivity contribution in [3.05, 3.63) is 75.9 Å². The third-order valence-electron chi connectivity index (χ3n) is 8.60. The third kappa shape index (κ3) is 6.56. The van der Waals surface area contributed by atoms with Gasteiger partial charge in [0.1, 0.15) is 18.1 Å². The van der Waals surface area contributed by atoms with Crippen molar-refractivity contribution in [3.8, 4) is 39.6 Å². The molecule has 4 aromatic rings. The molecule has 0 bridgehead atoms. The average Bonchev–Trinajstić information content (AvgIpc) is 3.45. The molecule has 4 heterocycles. The number of rotatable bonds is 8. The van der Waals surface area contributed by atoms with Gasteiger partial charge in [0.15, 0.2) is 12.3 Å². The van der Waals surface area contributed by atoms with Crippen molar-refractivity contribution >= 4 is 46.4 Å². The van der Waals surface area contributed by atoms with Crippen molar-refractivity contribution in [2.45, 2.75) is 26.0 Å². The molecular formula is C35H34Cl2N6O6. The Morgan fingerprint density at radius 1 is 1.08 bits per heavy atom. The van der Waals surface area contributed by atoms with Crippen molar-refractivity contribution < 1.29 is 28.6 Å². The maximum absolute atomic E-state index is 14.2. The van der Waals surface area contributed by atoms with Gasteiger partial charge >= 0.3 is 0 Å². The predicted molar refractivity (Wildman–Crippen MR) is 186 cm³/mol. The second kappa shape index (κ2) is 13.4. The Morgan fingerprint density at radius 2 is 1.88 bits per heavy atom. The number of anilines is 1. The van der Waals surface area contributed by atoms with Crippen LogP contribution >= 0.6 is 23.2 Å². The molecule has 7 rings (SSSR count). The Bertz CT molecular complexity index is 1970. The topological polar surface area (TPSA) is 129 Å². The zero-order chi connectivity index (χ0) is 34.3. The summed E-state index contributed by atoms with van der Waals surface area (Å²) in [4.78, 5) is 33.8. The number of nitrogens with zero attached hydrogens (tertiary/aromatic N) is 4. The Kier molecular flexibility index (Phi) is 8.97. The number of fused-ring (bicyclic) bond motifs is 3. The summed E-state index contributed by atoms with van der Waals surface area (Å²) in [5.41, 5.74) is 5.25. The highest BCUT2D eigenvalue weighted by atomic mass is 35.5. The van der Waals surface area contributed by atoms with Crippen LogP contribution in [0.2, 0.25) is 10.0 Å². The van der Waals surface area contributed by atoms with Crippen molar-refractivity contribution in [1.82, 2.24) is 20.0 Å². The molecule has 0 radical (unpaired) electrons. The SMILES string of the molecule is COc1cc2c(cc1-c1cccc(NC(=O)CON=C3CNC3)c1)-c1c(c(C(=O)N3CCOCC3(C)C)nn1-c1cc(Cl)cc(Cl)c1)CO2. The lowest BCUT2D eigenvalue weighted by molar-refractivity contribution is -0.120. The van der Waals surface area contributed by atoms with Crippen molar-refractivity contribution in [2.24, 2.45) is 5.16 Å². The molecule has 0 spiro atoms. The van der Waals surface area contributed by atoms with E-state index < -0.39 is 5.54 Å². The van der Waals surface area contributed by atoms with Crippen LogP contribution in [0.25, 0.3) is 28.1 Å². The van der Waals surface area contributed by atoms with Crippen LogP contribution in [0.3, 0.4) is 0 Å². The molecule has 49 heavy (non-hydrogen) atoms. The number of morpholine rings is 1. The number of amides is 2. The van der Waals surface area contributed by atoms with Crippen LogP contribution in [0.1, 0.15) is 29.9 Å². The fourth-order valence-corrected chi connectivity index (χ4v) is 6.62. The fraction of sp³-hybridized carbons (Fsp3) is 0.314. The highest BCUT2D eigenvalue weighted by molar-refractivity contribution is 6.34. The summed E-state index contributed by atoms with van der Waals surface area (Å²) in [6.07, 6.45) is 0. The van der Waals surface area contributed by atoms with E-state index in [4.69, 9.17) is 47.3 Å².